The standard InChI is InChI=1S/C14H21Br2NO/c1-14(2,10-17)7-3-4-8-18-13-6-5-11(15)9-12(13)16/h5-6,9H,3-4,7-8,10,17H2,1-2H3. The molecule has 2 N–H and O–H groups in total. The van der Waals surface area contributed by atoms with Gasteiger partial charge in [-0.15, -0.1) is 0 Å². The lowest BCUT2D eigenvalue weighted by molar-refractivity contribution is 0.277. The van der Waals surface area contributed by atoms with Gasteiger partial charge in [0.15, 0.2) is 0 Å². The molecule has 0 aliphatic carbocycles. The molecule has 1 aromatic rings. The van der Waals surface area contributed by atoms with Crippen LogP contribution in [-0.2, 0) is 0 Å². The molecule has 0 amide bonds. The lowest BCUT2D eigenvalue weighted by atomic mass is 9.87. The van der Waals surface area contributed by atoms with Crippen LogP contribution in [0.3, 0.4) is 0 Å². The largest absolute Gasteiger partial charge is 0.492 e. The number of rotatable bonds is 7. The zero-order valence-electron chi connectivity index (χ0n) is 11.0. The maximum absolute atomic E-state index is 5.74. The highest BCUT2D eigenvalue weighted by Crippen LogP contribution is 2.28. The predicted molar refractivity (Wildman–Crippen MR) is 84.0 cm³/mol. The second-order valence-electron chi connectivity index (χ2n) is 5.25. The number of ether oxygens (including phenoxy) is 1. The fraction of sp³-hybridized carbons (Fsp3) is 0.571. The molecule has 0 atom stereocenters. The van der Waals surface area contributed by atoms with Crippen molar-refractivity contribution in [2.75, 3.05) is 13.2 Å². The van der Waals surface area contributed by atoms with E-state index in [0.29, 0.717) is 0 Å². The van der Waals surface area contributed by atoms with E-state index in [0.717, 1.165) is 47.1 Å². The van der Waals surface area contributed by atoms with Crippen molar-refractivity contribution >= 4 is 31.9 Å². The Morgan fingerprint density at radius 1 is 1.22 bits per heavy atom. The second-order valence-corrected chi connectivity index (χ2v) is 7.02. The van der Waals surface area contributed by atoms with Gasteiger partial charge in [0.25, 0.3) is 0 Å². The zero-order valence-corrected chi connectivity index (χ0v) is 14.2. The maximum atomic E-state index is 5.74. The summed E-state index contributed by atoms with van der Waals surface area (Å²) in [5.74, 6) is 0.899. The van der Waals surface area contributed by atoms with Crippen molar-refractivity contribution in [2.45, 2.75) is 33.1 Å². The Morgan fingerprint density at radius 3 is 2.56 bits per heavy atom. The molecule has 0 fully saturated rings. The summed E-state index contributed by atoms with van der Waals surface area (Å²) in [7, 11) is 0. The summed E-state index contributed by atoms with van der Waals surface area (Å²) >= 11 is 6.91. The lowest BCUT2D eigenvalue weighted by Crippen LogP contribution is -2.23. The van der Waals surface area contributed by atoms with Gasteiger partial charge in [-0.05, 0) is 65.4 Å². The van der Waals surface area contributed by atoms with Gasteiger partial charge in [0, 0.05) is 4.47 Å². The minimum absolute atomic E-state index is 0.248. The van der Waals surface area contributed by atoms with E-state index in [1.807, 2.05) is 18.2 Å². The minimum Gasteiger partial charge on any atom is -0.492 e. The van der Waals surface area contributed by atoms with Crippen molar-refractivity contribution < 1.29 is 4.74 Å². The Kier molecular flexibility index (Phi) is 6.67. The van der Waals surface area contributed by atoms with Gasteiger partial charge in [-0.1, -0.05) is 29.8 Å². The number of benzene rings is 1. The van der Waals surface area contributed by atoms with Gasteiger partial charge in [-0.3, -0.25) is 0 Å². The summed E-state index contributed by atoms with van der Waals surface area (Å²) < 4.78 is 7.77. The topological polar surface area (TPSA) is 35.2 Å². The first-order valence-electron chi connectivity index (χ1n) is 6.22. The van der Waals surface area contributed by atoms with Crippen LogP contribution in [-0.4, -0.2) is 13.2 Å². The van der Waals surface area contributed by atoms with Gasteiger partial charge < -0.3 is 10.5 Å². The van der Waals surface area contributed by atoms with Crippen LogP contribution in [0.1, 0.15) is 33.1 Å². The normalized spacial score (nSPS) is 11.6. The molecule has 0 aromatic heterocycles. The molecule has 102 valence electrons. The molecule has 0 spiro atoms. The van der Waals surface area contributed by atoms with Gasteiger partial charge in [0.1, 0.15) is 5.75 Å². The van der Waals surface area contributed by atoms with Gasteiger partial charge in [0.05, 0.1) is 11.1 Å². The minimum atomic E-state index is 0.248. The monoisotopic (exact) mass is 377 g/mol. The number of hydrogen-bond donors (Lipinski definition) is 1. The number of unbranched alkanes of at least 4 members (excludes halogenated alkanes) is 1. The molecule has 1 aromatic carbocycles. The zero-order chi connectivity index (χ0) is 13.6. The van der Waals surface area contributed by atoms with E-state index < -0.39 is 0 Å². The molecule has 0 radical (unpaired) electrons. The van der Waals surface area contributed by atoms with E-state index in [2.05, 4.69) is 45.7 Å². The fourth-order valence-electron chi connectivity index (χ4n) is 1.58. The second kappa shape index (κ2) is 7.51. The average Bonchev–Trinajstić information content (AvgIpc) is 2.31. The van der Waals surface area contributed by atoms with Crippen molar-refractivity contribution in [3.63, 3.8) is 0 Å². The molecule has 18 heavy (non-hydrogen) atoms. The van der Waals surface area contributed by atoms with Gasteiger partial charge in [0.2, 0.25) is 0 Å². The van der Waals surface area contributed by atoms with Crippen molar-refractivity contribution in [3.8, 4) is 5.75 Å². The van der Waals surface area contributed by atoms with Crippen LogP contribution < -0.4 is 10.5 Å². The van der Waals surface area contributed by atoms with E-state index in [-0.39, 0.29) is 5.41 Å². The van der Waals surface area contributed by atoms with Crippen molar-refractivity contribution in [2.24, 2.45) is 11.1 Å². The third-order valence-electron chi connectivity index (χ3n) is 2.95. The third kappa shape index (κ3) is 5.72. The summed E-state index contributed by atoms with van der Waals surface area (Å²) in [4.78, 5) is 0. The quantitative estimate of drug-likeness (QED) is 0.695. The highest BCUT2D eigenvalue weighted by atomic mass is 79.9. The Bertz CT molecular complexity index is 380. The van der Waals surface area contributed by atoms with Crippen LogP contribution in [0, 0.1) is 5.41 Å². The van der Waals surface area contributed by atoms with Crippen LogP contribution in [0.4, 0.5) is 0 Å². The molecular weight excluding hydrogens is 358 g/mol. The van der Waals surface area contributed by atoms with Gasteiger partial charge >= 0.3 is 0 Å². The van der Waals surface area contributed by atoms with Crippen molar-refractivity contribution in [1.29, 1.82) is 0 Å². The first-order valence-corrected chi connectivity index (χ1v) is 7.81. The maximum Gasteiger partial charge on any atom is 0.133 e. The summed E-state index contributed by atoms with van der Waals surface area (Å²) in [5, 5.41) is 0. The van der Waals surface area contributed by atoms with Crippen LogP contribution in [0.2, 0.25) is 0 Å². The van der Waals surface area contributed by atoms with E-state index in [9.17, 15) is 0 Å². The smallest absolute Gasteiger partial charge is 0.133 e. The van der Waals surface area contributed by atoms with Crippen molar-refractivity contribution in [3.05, 3.63) is 27.1 Å². The molecule has 0 unspecified atom stereocenters. The summed E-state index contributed by atoms with van der Waals surface area (Å²) in [6, 6.07) is 5.95. The Morgan fingerprint density at radius 2 is 1.94 bits per heavy atom. The molecular formula is C14H21Br2NO. The molecule has 0 bridgehead atoms. The third-order valence-corrected chi connectivity index (χ3v) is 4.06. The summed E-state index contributed by atoms with van der Waals surface area (Å²) in [6.45, 7) is 5.91. The van der Waals surface area contributed by atoms with E-state index in [1.54, 1.807) is 0 Å². The van der Waals surface area contributed by atoms with Crippen LogP contribution >= 0.6 is 31.9 Å². The molecule has 0 aliphatic heterocycles. The van der Waals surface area contributed by atoms with E-state index in [1.165, 1.54) is 0 Å². The average molecular weight is 379 g/mol. The lowest BCUT2D eigenvalue weighted by Gasteiger charge is -2.21. The number of nitrogens with two attached hydrogens (primary N) is 1. The molecule has 1 rings (SSSR count). The Hall–Kier alpha value is -0.0600. The van der Waals surface area contributed by atoms with Crippen LogP contribution in [0.25, 0.3) is 0 Å². The number of halogens is 2. The van der Waals surface area contributed by atoms with Gasteiger partial charge in [-0.2, -0.15) is 0 Å². The molecule has 0 saturated carbocycles. The van der Waals surface area contributed by atoms with Crippen molar-refractivity contribution in [1.82, 2.24) is 0 Å². The van der Waals surface area contributed by atoms with Crippen LogP contribution in [0.5, 0.6) is 5.75 Å². The molecule has 0 saturated heterocycles. The summed E-state index contributed by atoms with van der Waals surface area (Å²) in [6.07, 6.45) is 3.36. The highest BCUT2D eigenvalue weighted by molar-refractivity contribution is 9.11. The molecule has 0 heterocycles. The molecule has 2 nitrogen and oxygen atoms in total. The first-order chi connectivity index (χ1) is 8.44. The molecule has 4 heteroatoms. The predicted octanol–water partition coefficient (Wildman–Crippen LogP) is 4.75. The fourth-order valence-corrected chi connectivity index (χ4v) is 2.74. The number of hydrogen-bond acceptors (Lipinski definition) is 2. The first kappa shape index (κ1) is 16.0. The van der Waals surface area contributed by atoms with Crippen LogP contribution in [0.15, 0.2) is 27.1 Å². The van der Waals surface area contributed by atoms with Gasteiger partial charge in [-0.25, -0.2) is 0 Å². The highest BCUT2D eigenvalue weighted by Gasteiger charge is 2.14. The molecule has 0 aliphatic rings. The van der Waals surface area contributed by atoms with E-state index >= 15 is 0 Å². The van der Waals surface area contributed by atoms with E-state index in [4.69, 9.17) is 10.5 Å². The summed E-state index contributed by atoms with van der Waals surface area (Å²) in [5.41, 5.74) is 5.95. The SMILES string of the molecule is CC(C)(CN)CCCCOc1ccc(Br)cc1Br. The Balaban J connectivity index is 2.26. The Labute approximate surface area is 127 Å².